The van der Waals surface area contributed by atoms with E-state index in [4.69, 9.17) is 12.2 Å². The highest BCUT2D eigenvalue weighted by Crippen LogP contribution is 2.32. The zero-order valence-electron chi connectivity index (χ0n) is 11.2. The number of fused-ring (bicyclic) bond motifs is 1. The van der Waals surface area contributed by atoms with E-state index in [0.717, 1.165) is 11.4 Å². The molecule has 1 aromatic rings. The van der Waals surface area contributed by atoms with Crippen molar-refractivity contribution in [3.05, 3.63) is 5.01 Å². The molecule has 1 aromatic heterocycles. The second-order valence-corrected chi connectivity index (χ2v) is 9.23. The van der Waals surface area contributed by atoms with Crippen molar-refractivity contribution in [2.75, 3.05) is 16.4 Å². The predicted molar refractivity (Wildman–Crippen MR) is 82.9 cm³/mol. The minimum Gasteiger partial charge on any atom is -0.356 e. The van der Waals surface area contributed by atoms with E-state index < -0.39 is 9.84 Å². The van der Waals surface area contributed by atoms with Gasteiger partial charge in [0.1, 0.15) is 5.01 Å². The van der Waals surface area contributed by atoms with E-state index in [9.17, 15) is 8.42 Å². The van der Waals surface area contributed by atoms with Gasteiger partial charge in [-0.2, -0.15) is 0 Å². The molecule has 0 unspecified atom stereocenters. The van der Waals surface area contributed by atoms with Crippen molar-refractivity contribution >= 4 is 43.6 Å². The molecule has 3 rings (SSSR count). The van der Waals surface area contributed by atoms with Crippen LogP contribution in [0.25, 0.3) is 0 Å². The van der Waals surface area contributed by atoms with Crippen LogP contribution in [0.1, 0.15) is 18.9 Å². The summed E-state index contributed by atoms with van der Waals surface area (Å²) in [4.78, 5) is 1.83. The summed E-state index contributed by atoms with van der Waals surface area (Å²) in [6, 6.07) is -0.266. The lowest BCUT2D eigenvalue weighted by molar-refractivity contribution is 0.600. The number of rotatable bonds is 3. The third-order valence-corrected chi connectivity index (χ3v) is 6.40. The molecule has 0 saturated carbocycles. The number of sulfone groups is 1. The molecular formula is C11H16N4O2S3. The number of hydrogen-bond donors (Lipinski definition) is 1. The highest BCUT2D eigenvalue weighted by Gasteiger charge is 2.48. The van der Waals surface area contributed by atoms with Crippen LogP contribution in [0.5, 0.6) is 0 Å². The normalized spacial score (nSPS) is 27.9. The van der Waals surface area contributed by atoms with Gasteiger partial charge in [0.15, 0.2) is 14.9 Å². The summed E-state index contributed by atoms with van der Waals surface area (Å²) in [5, 5.41) is 13.7. The Balaban J connectivity index is 1.85. The SMILES string of the molecule is CC(C)Cc1nnc(N2C(=S)N[C@@H]3CS(=O)(=O)C[C@@H]32)s1. The third kappa shape index (κ3) is 2.53. The first-order valence-corrected chi connectivity index (χ1v) is 9.53. The van der Waals surface area contributed by atoms with Gasteiger partial charge in [-0.05, 0) is 18.1 Å². The minimum absolute atomic E-state index is 0.120. The van der Waals surface area contributed by atoms with Crippen LogP contribution in [-0.4, -0.2) is 47.3 Å². The van der Waals surface area contributed by atoms with Crippen LogP contribution < -0.4 is 10.2 Å². The zero-order valence-corrected chi connectivity index (χ0v) is 13.7. The Bertz CT molecular complexity index is 640. The Morgan fingerprint density at radius 3 is 2.90 bits per heavy atom. The molecule has 0 aliphatic carbocycles. The van der Waals surface area contributed by atoms with Gasteiger partial charge in [-0.3, -0.25) is 4.90 Å². The van der Waals surface area contributed by atoms with Gasteiger partial charge in [-0.25, -0.2) is 8.42 Å². The van der Waals surface area contributed by atoms with E-state index >= 15 is 0 Å². The largest absolute Gasteiger partial charge is 0.356 e. The predicted octanol–water partition coefficient (Wildman–Crippen LogP) is 0.597. The van der Waals surface area contributed by atoms with E-state index in [1.807, 2.05) is 4.90 Å². The zero-order chi connectivity index (χ0) is 14.5. The average Bonchev–Trinajstić information content (AvgIpc) is 2.90. The molecule has 1 N–H and O–H groups in total. The first-order valence-electron chi connectivity index (χ1n) is 6.48. The van der Waals surface area contributed by atoms with Gasteiger partial charge in [0.2, 0.25) is 5.13 Å². The molecule has 2 aliphatic heterocycles. The summed E-state index contributed by atoms with van der Waals surface area (Å²) in [5.74, 6) is 0.787. The topological polar surface area (TPSA) is 75.2 Å². The fourth-order valence-electron chi connectivity index (χ4n) is 2.60. The maximum Gasteiger partial charge on any atom is 0.214 e. The minimum atomic E-state index is -2.99. The third-order valence-electron chi connectivity index (χ3n) is 3.43. The van der Waals surface area contributed by atoms with E-state index in [2.05, 4.69) is 29.4 Å². The molecule has 2 saturated heterocycles. The van der Waals surface area contributed by atoms with Crippen molar-refractivity contribution in [3.63, 3.8) is 0 Å². The number of thiocarbonyl (C=S) groups is 1. The highest BCUT2D eigenvalue weighted by atomic mass is 32.2. The Morgan fingerprint density at radius 2 is 2.20 bits per heavy atom. The molecule has 9 heteroatoms. The Kier molecular flexibility index (Phi) is 3.46. The monoisotopic (exact) mass is 332 g/mol. The molecule has 2 fully saturated rings. The van der Waals surface area contributed by atoms with Gasteiger partial charge in [-0.15, -0.1) is 10.2 Å². The second kappa shape index (κ2) is 4.88. The average molecular weight is 332 g/mol. The first-order chi connectivity index (χ1) is 9.35. The molecule has 6 nitrogen and oxygen atoms in total. The lowest BCUT2D eigenvalue weighted by Gasteiger charge is -2.18. The number of nitrogens with one attached hydrogen (secondary N) is 1. The van der Waals surface area contributed by atoms with Gasteiger partial charge >= 0.3 is 0 Å². The summed E-state index contributed by atoms with van der Waals surface area (Å²) in [6.07, 6.45) is 0.873. The van der Waals surface area contributed by atoms with E-state index in [-0.39, 0.29) is 23.6 Å². The second-order valence-electron chi connectivity index (χ2n) is 5.65. The summed E-state index contributed by atoms with van der Waals surface area (Å²) >= 11 is 6.80. The Hall–Kier alpha value is -0.800. The number of anilines is 1. The van der Waals surface area contributed by atoms with E-state index in [0.29, 0.717) is 16.2 Å². The van der Waals surface area contributed by atoms with Gasteiger partial charge in [0, 0.05) is 6.42 Å². The van der Waals surface area contributed by atoms with Gasteiger partial charge < -0.3 is 5.32 Å². The highest BCUT2D eigenvalue weighted by molar-refractivity contribution is 7.91. The van der Waals surface area contributed by atoms with Gasteiger partial charge in [0.05, 0.1) is 23.6 Å². The molecule has 3 heterocycles. The Morgan fingerprint density at radius 1 is 1.45 bits per heavy atom. The van der Waals surface area contributed by atoms with Gasteiger partial charge in [-0.1, -0.05) is 25.2 Å². The lowest BCUT2D eigenvalue weighted by Crippen LogP contribution is -2.36. The van der Waals surface area contributed by atoms with Crippen LogP contribution in [0.3, 0.4) is 0 Å². The molecular weight excluding hydrogens is 316 g/mol. The lowest BCUT2D eigenvalue weighted by atomic mass is 10.1. The van der Waals surface area contributed by atoms with Crippen LogP contribution in [0.15, 0.2) is 0 Å². The molecule has 0 spiro atoms. The molecule has 2 aliphatic rings. The summed E-state index contributed by atoms with van der Waals surface area (Å²) in [5.41, 5.74) is 0. The van der Waals surface area contributed by atoms with E-state index in [1.165, 1.54) is 11.3 Å². The molecule has 0 aromatic carbocycles. The molecule has 2 atom stereocenters. The van der Waals surface area contributed by atoms with E-state index in [1.54, 1.807) is 0 Å². The van der Waals surface area contributed by atoms with Crippen molar-refractivity contribution in [3.8, 4) is 0 Å². The van der Waals surface area contributed by atoms with Crippen LogP contribution in [0, 0.1) is 5.92 Å². The summed E-state index contributed by atoms with van der Waals surface area (Å²) < 4.78 is 23.5. The van der Waals surface area contributed by atoms with Crippen molar-refractivity contribution in [2.45, 2.75) is 32.4 Å². The van der Waals surface area contributed by atoms with Gasteiger partial charge in [0.25, 0.3) is 0 Å². The summed E-state index contributed by atoms with van der Waals surface area (Å²) in [6.45, 7) is 4.26. The van der Waals surface area contributed by atoms with Crippen LogP contribution >= 0.6 is 23.6 Å². The summed E-state index contributed by atoms with van der Waals surface area (Å²) in [7, 11) is -2.99. The van der Waals surface area contributed by atoms with Crippen LogP contribution in [0.2, 0.25) is 0 Å². The molecule has 110 valence electrons. The molecule has 0 amide bonds. The van der Waals surface area contributed by atoms with Crippen LogP contribution in [0.4, 0.5) is 5.13 Å². The smallest absolute Gasteiger partial charge is 0.214 e. The van der Waals surface area contributed by atoms with Crippen LogP contribution in [-0.2, 0) is 16.3 Å². The fraction of sp³-hybridized carbons (Fsp3) is 0.727. The maximum atomic E-state index is 11.7. The molecule has 20 heavy (non-hydrogen) atoms. The van der Waals surface area contributed by atoms with Crippen molar-refractivity contribution in [2.24, 2.45) is 5.92 Å². The van der Waals surface area contributed by atoms with Crippen molar-refractivity contribution in [1.29, 1.82) is 0 Å². The Labute approximate surface area is 127 Å². The van der Waals surface area contributed by atoms with Crippen molar-refractivity contribution in [1.82, 2.24) is 15.5 Å². The molecule has 0 bridgehead atoms. The quantitative estimate of drug-likeness (QED) is 0.812. The fourth-order valence-corrected chi connectivity index (χ4v) is 6.04. The van der Waals surface area contributed by atoms with Crippen molar-refractivity contribution < 1.29 is 8.42 Å². The standard InChI is InChI=1S/C11H16N4O2S3/c1-6(2)3-9-13-14-11(19-9)15-8-5-20(16,17)4-7(8)12-10(15)18/h6-8H,3-5H2,1-2H3,(H,12,18)/t7-,8+/m1/s1. The molecule has 0 radical (unpaired) electrons. The number of hydrogen-bond acceptors (Lipinski definition) is 6. The maximum absolute atomic E-state index is 11.7. The number of nitrogens with zero attached hydrogens (tertiary/aromatic N) is 3. The number of aromatic nitrogens is 2. The first kappa shape index (κ1) is 14.2.